The van der Waals surface area contributed by atoms with E-state index in [2.05, 4.69) is 26.2 Å². The van der Waals surface area contributed by atoms with Gasteiger partial charge in [0.05, 0.1) is 23.6 Å². The number of rotatable bonds is 3. The number of nitriles is 1. The van der Waals surface area contributed by atoms with Crippen LogP contribution in [0.25, 0.3) is 0 Å². The summed E-state index contributed by atoms with van der Waals surface area (Å²) in [7, 11) is 0. The molecule has 0 radical (unpaired) electrons. The Labute approximate surface area is 158 Å². The topological polar surface area (TPSA) is 75.5 Å². The zero-order valence-electron chi connectivity index (χ0n) is 14.8. The van der Waals surface area contributed by atoms with Gasteiger partial charge in [0.25, 0.3) is 0 Å². The molecule has 0 aliphatic carbocycles. The second kappa shape index (κ2) is 7.82. The molecule has 3 saturated heterocycles. The van der Waals surface area contributed by atoms with Crippen molar-refractivity contribution in [1.29, 1.82) is 5.26 Å². The van der Waals surface area contributed by atoms with Crippen molar-refractivity contribution in [2.75, 3.05) is 55.8 Å². The lowest BCUT2D eigenvalue weighted by Crippen LogP contribution is -2.51. The van der Waals surface area contributed by atoms with E-state index in [1.54, 1.807) is 12.3 Å². The summed E-state index contributed by atoms with van der Waals surface area (Å²) in [5, 5.41) is 12.5. The smallest absolute Gasteiger partial charge is 0.240 e. The Bertz CT molecular complexity index is 693. The van der Waals surface area contributed by atoms with Crippen LogP contribution in [0.15, 0.2) is 18.3 Å². The SMILES string of the molecule is N#Cc1ccnc(N2CCN([C@@H]3CN[C@H](C(=O)N4CCSC4)C3)CC2)c1. The molecule has 2 atom stereocenters. The van der Waals surface area contributed by atoms with Crippen LogP contribution in [0.3, 0.4) is 0 Å². The highest BCUT2D eigenvalue weighted by Gasteiger charge is 2.36. The summed E-state index contributed by atoms with van der Waals surface area (Å²) >= 11 is 1.83. The minimum atomic E-state index is -0.0225. The monoisotopic (exact) mass is 372 g/mol. The van der Waals surface area contributed by atoms with E-state index in [1.807, 2.05) is 22.7 Å². The number of thioether (sulfide) groups is 1. The number of piperazine rings is 1. The molecule has 0 saturated carbocycles. The molecule has 0 aromatic carbocycles. The van der Waals surface area contributed by atoms with Crippen LogP contribution in [-0.2, 0) is 4.79 Å². The molecule has 7 nitrogen and oxygen atoms in total. The number of carbonyl (C=O) groups excluding carboxylic acids is 1. The van der Waals surface area contributed by atoms with Crippen molar-refractivity contribution >= 4 is 23.5 Å². The van der Waals surface area contributed by atoms with Crippen molar-refractivity contribution in [3.63, 3.8) is 0 Å². The van der Waals surface area contributed by atoms with Crippen LogP contribution in [0.2, 0.25) is 0 Å². The normalized spacial score (nSPS) is 26.9. The summed E-state index contributed by atoms with van der Waals surface area (Å²) in [6.07, 6.45) is 2.61. The zero-order valence-corrected chi connectivity index (χ0v) is 15.6. The second-order valence-corrected chi connectivity index (χ2v) is 8.10. The van der Waals surface area contributed by atoms with Gasteiger partial charge in [0.15, 0.2) is 0 Å². The maximum absolute atomic E-state index is 12.6. The minimum Gasteiger partial charge on any atom is -0.354 e. The molecule has 0 bridgehead atoms. The fourth-order valence-electron chi connectivity index (χ4n) is 3.97. The maximum atomic E-state index is 12.6. The van der Waals surface area contributed by atoms with E-state index in [0.717, 1.165) is 63.1 Å². The molecular formula is C18H24N6OS. The number of amides is 1. The summed E-state index contributed by atoms with van der Waals surface area (Å²) in [6.45, 7) is 5.51. The molecule has 1 N–H and O–H groups in total. The molecule has 1 aromatic rings. The molecule has 3 fully saturated rings. The summed E-state index contributed by atoms with van der Waals surface area (Å²) in [5.41, 5.74) is 0.652. The summed E-state index contributed by atoms with van der Waals surface area (Å²) in [6, 6.07) is 6.18. The molecule has 1 amide bonds. The summed E-state index contributed by atoms with van der Waals surface area (Å²) < 4.78 is 0. The molecular weight excluding hydrogens is 348 g/mol. The first-order valence-corrected chi connectivity index (χ1v) is 10.3. The number of nitrogens with zero attached hydrogens (tertiary/aromatic N) is 5. The largest absolute Gasteiger partial charge is 0.354 e. The van der Waals surface area contributed by atoms with Gasteiger partial charge in [-0.2, -0.15) is 5.26 Å². The number of aromatic nitrogens is 1. The number of anilines is 1. The first-order chi connectivity index (χ1) is 12.7. The van der Waals surface area contributed by atoms with E-state index in [0.29, 0.717) is 11.6 Å². The number of carbonyl (C=O) groups is 1. The Morgan fingerprint density at radius 1 is 1.31 bits per heavy atom. The van der Waals surface area contributed by atoms with Gasteiger partial charge in [-0.25, -0.2) is 4.98 Å². The standard InChI is InChI=1S/C18H24N6OS/c19-11-14-1-2-20-17(9-14)23-5-3-22(4-6-23)15-10-16(21-12-15)18(25)24-7-8-26-13-24/h1-2,9,15-16,21H,3-8,10,12-13H2/t15-,16-/m0/s1. The molecule has 8 heteroatoms. The Morgan fingerprint density at radius 2 is 2.15 bits per heavy atom. The zero-order chi connectivity index (χ0) is 17.9. The van der Waals surface area contributed by atoms with Crippen molar-refractivity contribution in [2.45, 2.75) is 18.5 Å². The Morgan fingerprint density at radius 3 is 2.88 bits per heavy atom. The second-order valence-electron chi connectivity index (χ2n) is 7.03. The third-order valence-corrected chi connectivity index (χ3v) is 6.46. The average molecular weight is 372 g/mol. The number of hydrogen-bond acceptors (Lipinski definition) is 7. The van der Waals surface area contributed by atoms with Gasteiger partial charge < -0.3 is 15.1 Å². The molecule has 0 unspecified atom stereocenters. The summed E-state index contributed by atoms with van der Waals surface area (Å²) in [4.78, 5) is 23.7. The van der Waals surface area contributed by atoms with Gasteiger partial charge in [-0.3, -0.25) is 9.69 Å². The van der Waals surface area contributed by atoms with Crippen LogP contribution in [0, 0.1) is 11.3 Å². The quantitative estimate of drug-likeness (QED) is 0.820. The van der Waals surface area contributed by atoms with Crippen molar-refractivity contribution in [3.05, 3.63) is 23.9 Å². The molecule has 4 heterocycles. The number of nitrogens with one attached hydrogen (secondary N) is 1. The maximum Gasteiger partial charge on any atom is 0.240 e. The van der Waals surface area contributed by atoms with Gasteiger partial charge >= 0.3 is 0 Å². The van der Waals surface area contributed by atoms with Crippen molar-refractivity contribution in [1.82, 2.24) is 20.1 Å². The lowest BCUT2D eigenvalue weighted by molar-refractivity contribution is -0.131. The van der Waals surface area contributed by atoms with Gasteiger partial charge in [-0.15, -0.1) is 11.8 Å². The Balaban J connectivity index is 1.30. The number of hydrogen-bond donors (Lipinski definition) is 1. The van der Waals surface area contributed by atoms with E-state index in [9.17, 15) is 4.79 Å². The molecule has 1 aromatic heterocycles. The first kappa shape index (κ1) is 17.6. The lowest BCUT2D eigenvalue weighted by atomic mass is 10.1. The van der Waals surface area contributed by atoms with Crippen LogP contribution >= 0.6 is 11.8 Å². The molecule has 0 spiro atoms. The third-order valence-electron chi connectivity index (χ3n) is 5.50. The highest BCUT2D eigenvalue weighted by molar-refractivity contribution is 7.99. The van der Waals surface area contributed by atoms with Crippen LogP contribution in [0.4, 0.5) is 5.82 Å². The van der Waals surface area contributed by atoms with Gasteiger partial charge in [0, 0.05) is 57.3 Å². The van der Waals surface area contributed by atoms with Gasteiger partial charge in [-0.05, 0) is 18.6 Å². The average Bonchev–Trinajstić information content (AvgIpc) is 3.40. The van der Waals surface area contributed by atoms with Gasteiger partial charge in [0.2, 0.25) is 5.91 Å². The van der Waals surface area contributed by atoms with Gasteiger partial charge in [-0.1, -0.05) is 0 Å². The van der Waals surface area contributed by atoms with E-state index < -0.39 is 0 Å². The van der Waals surface area contributed by atoms with E-state index >= 15 is 0 Å². The highest BCUT2D eigenvalue weighted by atomic mass is 32.2. The number of pyridine rings is 1. The predicted molar refractivity (Wildman–Crippen MR) is 102 cm³/mol. The van der Waals surface area contributed by atoms with Crippen LogP contribution in [-0.4, -0.2) is 83.7 Å². The minimum absolute atomic E-state index is 0.0225. The molecule has 138 valence electrons. The molecule has 3 aliphatic rings. The Kier molecular flexibility index (Phi) is 5.29. The Hall–Kier alpha value is -1.82. The van der Waals surface area contributed by atoms with E-state index in [-0.39, 0.29) is 11.9 Å². The fraction of sp³-hybridized carbons (Fsp3) is 0.611. The van der Waals surface area contributed by atoms with Crippen LogP contribution in [0.1, 0.15) is 12.0 Å². The van der Waals surface area contributed by atoms with Crippen molar-refractivity contribution in [3.8, 4) is 6.07 Å². The van der Waals surface area contributed by atoms with E-state index in [4.69, 9.17) is 5.26 Å². The van der Waals surface area contributed by atoms with E-state index in [1.165, 1.54) is 0 Å². The lowest BCUT2D eigenvalue weighted by Gasteiger charge is -2.38. The van der Waals surface area contributed by atoms with Crippen molar-refractivity contribution in [2.24, 2.45) is 0 Å². The fourth-order valence-corrected chi connectivity index (χ4v) is 4.92. The molecule has 26 heavy (non-hydrogen) atoms. The first-order valence-electron chi connectivity index (χ1n) is 9.19. The summed E-state index contributed by atoms with van der Waals surface area (Å²) in [5.74, 6) is 3.06. The highest BCUT2D eigenvalue weighted by Crippen LogP contribution is 2.22. The van der Waals surface area contributed by atoms with Crippen LogP contribution in [0.5, 0.6) is 0 Å². The van der Waals surface area contributed by atoms with Crippen LogP contribution < -0.4 is 10.2 Å². The predicted octanol–water partition coefficient (Wildman–Crippen LogP) is 0.339. The molecule has 3 aliphatic heterocycles. The third kappa shape index (κ3) is 3.65. The van der Waals surface area contributed by atoms with Crippen molar-refractivity contribution < 1.29 is 4.79 Å². The molecule has 4 rings (SSSR count). The van der Waals surface area contributed by atoms with Gasteiger partial charge in [0.1, 0.15) is 5.82 Å².